The highest BCUT2D eigenvalue weighted by molar-refractivity contribution is 5.78. The van der Waals surface area contributed by atoms with Gasteiger partial charge in [-0.15, -0.1) is 0 Å². The maximum Gasteiger partial charge on any atom is 0.326 e. The molecule has 30 heavy (non-hydrogen) atoms. The number of pyridine rings is 1. The molecule has 152 valence electrons. The van der Waals surface area contributed by atoms with Gasteiger partial charge in [-0.25, -0.2) is 4.98 Å². The van der Waals surface area contributed by atoms with Crippen LogP contribution in [0.1, 0.15) is 17.8 Å². The van der Waals surface area contributed by atoms with Gasteiger partial charge in [0.2, 0.25) is 0 Å². The summed E-state index contributed by atoms with van der Waals surface area (Å²) in [4.78, 5) is 21.2. The number of aryl methyl sites for hydroxylation is 1. The third kappa shape index (κ3) is 5.03. The molecule has 0 fully saturated rings. The second kappa shape index (κ2) is 9.69. The molecule has 0 N–H and O–H groups in total. The van der Waals surface area contributed by atoms with Crippen molar-refractivity contribution in [1.82, 2.24) is 14.5 Å². The quantitative estimate of drug-likeness (QED) is 0.311. The maximum absolute atomic E-state index is 12.5. The normalized spacial score (nSPS) is 10.8. The van der Waals surface area contributed by atoms with E-state index in [4.69, 9.17) is 9.47 Å². The molecule has 0 aliphatic carbocycles. The van der Waals surface area contributed by atoms with Gasteiger partial charge in [0, 0.05) is 12.4 Å². The number of fused-ring (bicyclic) bond motifs is 1. The van der Waals surface area contributed by atoms with Crippen molar-refractivity contribution in [3.63, 3.8) is 0 Å². The molecule has 0 spiro atoms. The highest BCUT2D eigenvalue weighted by Gasteiger charge is 2.15. The molecular weight excluding hydrogens is 378 g/mol. The van der Waals surface area contributed by atoms with Crippen molar-refractivity contribution < 1.29 is 14.3 Å². The summed E-state index contributed by atoms with van der Waals surface area (Å²) in [5, 5.41) is 0. The number of hydrogen-bond acceptors (Lipinski definition) is 5. The SMILES string of the molecule is O=C(Cn1c(COc2ccccc2)nc2ccccc21)OCCCc1cccnc1. The number of hydrogen-bond donors (Lipinski definition) is 0. The predicted molar refractivity (Wildman–Crippen MR) is 114 cm³/mol. The van der Waals surface area contributed by atoms with E-state index in [1.165, 1.54) is 0 Å². The summed E-state index contributed by atoms with van der Waals surface area (Å²) in [5.74, 6) is 1.16. The molecule has 0 unspecified atom stereocenters. The zero-order chi connectivity index (χ0) is 20.6. The fraction of sp³-hybridized carbons (Fsp3) is 0.208. The lowest BCUT2D eigenvalue weighted by molar-refractivity contribution is -0.144. The molecule has 2 aromatic heterocycles. The van der Waals surface area contributed by atoms with Crippen molar-refractivity contribution >= 4 is 17.0 Å². The highest BCUT2D eigenvalue weighted by atomic mass is 16.5. The zero-order valence-corrected chi connectivity index (χ0v) is 16.6. The van der Waals surface area contributed by atoms with Crippen LogP contribution in [-0.4, -0.2) is 27.1 Å². The van der Waals surface area contributed by atoms with E-state index < -0.39 is 0 Å². The molecule has 4 aromatic rings. The number of esters is 1. The summed E-state index contributed by atoms with van der Waals surface area (Å²) in [6.45, 7) is 0.740. The lowest BCUT2D eigenvalue weighted by Gasteiger charge is -2.11. The molecule has 0 saturated heterocycles. The fourth-order valence-electron chi connectivity index (χ4n) is 3.26. The van der Waals surface area contributed by atoms with Gasteiger partial charge in [0.25, 0.3) is 0 Å². The largest absolute Gasteiger partial charge is 0.486 e. The van der Waals surface area contributed by atoms with Gasteiger partial charge in [-0.3, -0.25) is 9.78 Å². The van der Waals surface area contributed by atoms with Gasteiger partial charge < -0.3 is 14.0 Å². The van der Waals surface area contributed by atoms with Crippen LogP contribution in [0.25, 0.3) is 11.0 Å². The van der Waals surface area contributed by atoms with Crippen molar-refractivity contribution in [2.24, 2.45) is 0 Å². The second-order valence-electron chi connectivity index (χ2n) is 6.89. The molecule has 0 amide bonds. The minimum Gasteiger partial charge on any atom is -0.486 e. The van der Waals surface area contributed by atoms with Crippen molar-refractivity contribution in [1.29, 1.82) is 0 Å². The smallest absolute Gasteiger partial charge is 0.326 e. The summed E-state index contributed by atoms with van der Waals surface area (Å²) >= 11 is 0. The van der Waals surface area contributed by atoms with E-state index in [0.29, 0.717) is 12.4 Å². The predicted octanol–water partition coefficient (Wildman–Crippen LogP) is 4.19. The summed E-state index contributed by atoms with van der Waals surface area (Å²) in [6, 6.07) is 21.2. The van der Waals surface area contributed by atoms with Gasteiger partial charge >= 0.3 is 5.97 Å². The van der Waals surface area contributed by atoms with Crippen LogP contribution >= 0.6 is 0 Å². The van der Waals surface area contributed by atoms with Crippen LogP contribution in [0.2, 0.25) is 0 Å². The second-order valence-corrected chi connectivity index (χ2v) is 6.89. The minimum atomic E-state index is -0.287. The molecular formula is C24H23N3O3. The fourth-order valence-corrected chi connectivity index (χ4v) is 3.26. The molecule has 2 heterocycles. The van der Waals surface area contributed by atoms with Crippen LogP contribution in [0, 0.1) is 0 Å². The molecule has 6 heteroatoms. The van der Waals surface area contributed by atoms with Crippen LogP contribution in [0.3, 0.4) is 0 Å². The molecule has 6 nitrogen and oxygen atoms in total. The molecule has 0 radical (unpaired) electrons. The van der Waals surface area contributed by atoms with Gasteiger partial charge in [-0.2, -0.15) is 0 Å². The van der Waals surface area contributed by atoms with Crippen molar-refractivity contribution in [2.75, 3.05) is 6.61 Å². The number of para-hydroxylation sites is 3. The van der Waals surface area contributed by atoms with Crippen LogP contribution in [0.15, 0.2) is 79.1 Å². The first-order valence-electron chi connectivity index (χ1n) is 9.96. The van der Waals surface area contributed by atoms with Crippen molar-refractivity contribution in [3.8, 4) is 5.75 Å². The number of carbonyl (C=O) groups excluding carboxylic acids is 1. The van der Waals surface area contributed by atoms with Gasteiger partial charge in [0.15, 0.2) is 0 Å². The lowest BCUT2D eigenvalue weighted by Crippen LogP contribution is -2.17. The average molecular weight is 401 g/mol. The topological polar surface area (TPSA) is 66.2 Å². The van der Waals surface area contributed by atoms with Gasteiger partial charge in [0.1, 0.15) is 24.7 Å². The van der Waals surface area contributed by atoms with Gasteiger partial charge in [-0.1, -0.05) is 36.4 Å². The number of ether oxygens (including phenoxy) is 2. The number of benzene rings is 2. The maximum atomic E-state index is 12.5. The summed E-state index contributed by atoms with van der Waals surface area (Å²) < 4.78 is 13.2. The number of carbonyl (C=O) groups is 1. The number of aromatic nitrogens is 3. The van der Waals surface area contributed by atoms with E-state index >= 15 is 0 Å². The third-order valence-electron chi connectivity index (χ3n) is 4.73. The Kier molecular flexibility index (Phi) is 6.35. The molecule has 0 saturated carbocycles. The monoisotopic (exact) mass is 401 g/mol. The molecule has 0 aliphatic heterocycles. The Labute approximate surface area is 175 Å². The van der Waals surface area contributed by atoms with Crippen molar-refractivity contribution in [3.05, 3.63) is 90.5 Å². The van der Waals surface area contributed by atoms with Crippen LogP contribution in [0.4, 0.5) is 0 Å². The Bertz CT molecular complexity index is 1090. The first kappa shape index (κ1) is 19.6. The van der Waals surface area contributed by atoms with Crippen LogP contribution in [-0.2, 0) is 29.1 Å². The van der Waals surface area contributed by atoms with E-state index in [9.17, 15) is 4.79 Å². The molecule has 4 rings (SSSR count). The van der Waals surface area contributed by atoms with Gasteiger partial charge in [0.05, 0.1) is 17.6 Å². The summed E-state index contributed by atoms with van der Waals surface area (Å²) in [6.07, 6.45) is 5.16. The molecule has 0 bridgehead atoms. The van der Waals surface area contributed by atoms with E-state index in [0.717, 1.165) is 35.2 Å². The van der Waals surface area contributed by atoms with E-state index in [2.05, 4.69) is 9.97 Å². The van der Waals surface area contributed by atoms with Crippen LogP contribution < -0.4 is 4.74 Å². The zero-order valence-electron chi connectivity index (χ0n) is 16.6. The molecule has 0 aliphatic rings. The lowest BCUT2D eigenvalue weighted by atomic mass is 10.2. The first-order chi connectivity index (χ1) is 14.8. The average Bonchev–Trinajstić information content (AvgIpc) is 3.14. The Morgan fingerprint density at radius 2 is 1.80 bits per heavy atom. The van der Waals surface area contributed by atoms with Crippen LogP contribution in [0.5, 0.6) is 5.75 Å². The molecule has 2 aromatic carbocycles. The highest BCUT2D eigenvalue weighted by Crippen LogP contribution is 2.18. The number of imidazole rings is 1. The number of nitrogens with zero attached hydrogens (tertiary/aromatic N) is 3. The van der Waals surface area contributed by atoms with E-state index in [-0.39, 0.29) is 19.1 Å². The first-order valence-corrected chi connectivity index (χ1v) is 9.96. The summed E-state index contributed by atoms with van der Waals surface area (Å²) in [7, 11) is 0. The Morgan fingerprint density at radius 3 is 2.63 bits per heavy atom. The molecule has 0 atom stereocenters. The van der Waals surface area contributed by atoms with Crippen molar-refractivity contribution in [2.45, 2.75) is 26.0 Å². The Hall–Kier alpha value is -3.67. The minimum absolute atomic E-state index is 0.0981. The van der Waals surface area contributed by atoms with E-state index in [1.807, 2.05) is 77.5 Å². The number of rotatable bonds is 9. The standard InChI is InChI=1S/C24H23N3O3/c28-24(29-15-7-9-19-8-6-14-25-16-19)17-27-22-13-5-4-12-21(22)26-23(27)18-30-20-10-2-1-3-11-20/h1-6,8,10-14,16H,7,9,15,17-18H2. The van der Waals surface area contributed by atoms with Gasteiger partial charge in [-0.05, 0) is 48.7 Å². The Morgan fingerprint density at radius 1 is 0.967 bits per heavy atom. The van der Waals surface area contributed by atoms with E-state index in [1.54, 1.807) is 6.20 Å². The third-order valence-corrected chi connectivity index (χ3v) is 4.73. The summed E-state index contributed by atoms with van der Waals surface area (Å²) in [5.41, 5.74) is 2.85. The Balaban J connectivity index is 1.38.